The van der Waals surface area contributed by atoms with Crippen LogP contribution in [0.2, 0.25) is 0 Å². The standard InChI is InChI=1S/C24H38N4O4/c1-5-25-24(27-19-13-15-28(16-19)23(29)18-8-6-7-9-18)26-14-12-17-10-11-20(30-2)22(32-4)21(17)31-3/h10-11,18-19H,5-9,12-16H2,1-4H3,(H2,25,26,27). The summed E-state index contributed by atoms with van der Waals surface area (Å²) in [4.78, 5) is 19.5. The number of methoxy groups -OCH3 is 3. The van der Waals surface area contributed by atoms with Gasteiger partial charge in [0.15, 0.2) is 17.5 Å². The summed E-state index contributed by atoms with van der Waals surface area (Å²) < 4.78 is 16.4. The van der Waals surface area contributed by atoms with E-state index in [9.17, 15) is 4.79 Å². The monoisotopic (exact) mass is 446 g/mol. The van der Waals surface area contributed by atoms with Crippen molar-refractivity contribution in [3.05, 3.63) is 17.7 Å². The first-order valence-electron chi connectivity index (χ1n) is 11.7. The highest BCUT2D eigenvalue weighted by Crippen LogP contribution is 2.39. The van der Waals surface area contributed by atoms with Crippen molar-refractivity contribution in [1.29, 1.82) is 0 Å². The molecule has 1 saturated carbocycles. The summed E-state index contributed by atoms with van der Waals surface area (Å²) >= 11 is 0. The molecule has 3 rings (SSSR count). The van der Waals surface area contributed by atoms with Gasteiger partial charge in [-0.3, -0.25) is 9.79 Å². The maximum atomic E-state index is 12.7. The van der Waals surface area contributed by atoms with Gasteiger partial charge in [-0.1, -0.05) is 18.9 Å². The van der Waals surface area contributed by atoms with Gasteiger partial charge in [-0.15, -0.1) is 0 Å². The average Bonchev–Trinajstić information content (AvgIpc) is 3.50. The van der Waals surface area contributed by atoms with Gasteiger partial charge in [0, 0.05) is 43.7 Å². The van der Waals surface area contributed by atoms with Crippen LogP contribution >= 0.6 is 0 Å². The van der Waals surface area contributed by atoms with E-state index in [0.717, 1.165) is 50.4 Å². The van der Waals surface area contributed by atoms with Crippen molar-refractivity contribution in [2.75, 3.05) is 47.5 Å². The fraction of sp³-hybridized carbons (Fsp3) is 0.667. The maximum absolute atomic E-state index is 12.7. The average molecular weight is 447 g/mol. The summed E-state index contributed by atoms with van der Waals surface area (Å²) in [5.41, 5.74) is 1.01. The number of ether oxygens (including phenoxy) is 3. The zero-order valence-corrected chi connectivity index (χ0v) is 19.9. The lowest BCUT2D eigenvalue weighted by atomic mass is 10.1. The van der Waals surface area contributed by atoms with Crippen LogP contribution in [-0.4, -0.2) is 70.3 Å². The number of nitrogens with zero attached hydrogens (tertiary/aromatic N) is 2. The minimum absolute atomic E-state index is 0.230. The molecule has 1 atom stereocenters. The minimum atomic E-state index is 0.230. The van der Waals surface area contributed by atoms with Crippen LogP contribution in [0.1, 0.15) is 44.6 Å². The molecular weight excluding hydrogens is 408 g/mol. The van der Waals surface area contributed by atoms with Gasteiger partial charge in [0.2, 0.25) is 11.7 Å². The Labute approximate surface area is 191 Å². The Morgan fingerprint density at radius 3 is 2.50 bits per heavy atom. The van der Waals surface area contributed by atoms with E-state index in [-0.39, 0.29) is 12.0 Å². The van der Waals surface area contributed by atoms with Gasteiger partial charge in [-0.25, -0.2) is 0 Å². The normalized spacial score (nSPS) is 19.2. The van der Waals surface area contributed by atoms with Gasteiger partial charge >= 0.3 is 0 Å². The van der Waals surface area contributed by atoms with Gasteiger partial charge in [-0.05, 0) is 38.7 Å². The van der Waals surface area contributed by atoms with Crippen molar-refractivity contribution in [2.45, 2.75) is 51.5 Å². The predicted molar refractivity (Wildman–Crippen MR) is 126 cm³/mol. The Morgan fingerprint density at radius 1 is 1.09 bits per heavy atom. The number of hydrogen-bond donors (Lipinski definition) is 2. The summed E-state index contributed by atoms with van der Waals surface area (Å²) in [5.74, 6) is 3.29. The number of benzene rings is 1. The summed E-state index contributed by atoms with van der Waals surface area (Å²) in [5, 5.41) is 6.84. The highest BCUT2D eigenvalue weighted by molar-refractivity contribution is 5.81. The van der Waals surface area contributed by atoms with E-state index in [0.29, 0.717) is 36.1 Å². The molecule has 0 radical (unpaired) electrons. The summed E-state index contributed by atoms with van der Waals surface area (Å²) in [6.07, 6.45) is 6.14. The molecule has 1 unspecified atom stereocenters. The molecule has 2 fully saturated rings. The number of guanidine groups is 1. The molecule has 2 aliphatic rings. The van der Waals surface area contributed by atoms with E-state index in [4.69, 9.17) is 19.2 Å². The number of carbonyl (C=O) groups excluding carboxylic acids is 1. The second-order valence-corrected chi connectivity index (χ2v) is 8.40. The van der Waals surface area contributed by atoms with Crippen molar-refractivity contribution in [1.82, 2.24) is 15.5 Å². The SMILES string of the molecule is CCNC(=NCCc1ccc(OC)c(OC)c1OC)NC1CCN(C(=O)C2CCCC2)C1. The first-order valence-corrected chi connectivity index (χ1v) is 11.7. The smallest absolute Gasteiger partial charge is 0.225 e. The molecule has 1 aliphatic heterocycles. The largest absolute Gasteiger partial charge is 0.493 e. The number of aliphatic imine (C=N–C) groups is 1. The Morgan fingerprint density at radius 2 is 1.84 bits per heavy atom. The third kappa shape index (κ3) is 5.78. The van der Waals surface area contributed by atoms with Gasteiger partial charge in [-0.2, -0.15) is 0 Å². The zero-order chi connectivity index (χ0) is 22.9. The van der Waals surface area contributed by atoms with Crippen LogP contribution in [0.5, 0.6) is 17.2 Å². The molecular formula is C24H38N4O4. The Kier molecular flexibility index (Phi) is 8.88. The van der Waals surface area contributed by atoms with Crippen LogP contribution < -0.4 is 24.8 Å². The predicted octanol–water partition coefficient (Wildman–Crippen LogP) is 2.60. The van der Waals surface area contributed by atoms with E-state index >= 15 is 0 Å². The third-order valence-corrected chi connectivity index (χ3v) is 6.33. The summed E-state index contributed by atoms with van der Waals surface area (Å²) in [6, 6.07) is 4.10. The molecule has 1 aromatic carbocycles. The van der Waals surface area contributed by atoms with Crippen LogP contribution in [0.25, 0.3) is 0 Å². The van der Waals surface area contributed by atoms with Crippen molar-refractivity contribution in [3.63, 3.8) is 0 Å². The molecule has 1 heterocycles. The van der Waals surface area contributed by atoms with Gasteiger partial charge in [0.1, 0.15) is 0 Å². The molecule has 8 nitrogen and oxygen atoms in total. The van der Waals surface area contributed by atoms with Crippen molar-refractivity contribution < 1.29 is 19.0 Å². The molecule has 0 aromatic heterocycles. The fourth-order valence-corrected chi connectivity index (χ4v) is 4.67. The van der Waals surface area contributed by atoms with Gasteiger partial charge < -0.3 is 29.7 Å². The van der Waals surface area contributed by atoms with Crippen LogP contribution in [0, 0.1) is 5.92 Å². The molecule has 32 heavy (non-hydrogen) atoms. The first-order chi connectivity index (χ1) is 15.6. The number of hydrogen-bond acceptors (Lipinski definition) is 5. The highest BCUT2D eigenvalue weighted by atomic mass is 16.5. The Hall–Kier alpha value is -2.64. The quantitative estimate of drug-likeness (QED) is 0.448. The summed E-state index contributed by atoms with van der Waals surface area (Å²) in [6.45, 7) is 5.01. The van der Waals surface area contributed by atoms with Crippen molar-refractivity contribution in [2.24, 2.45) is 10.9 Å². The number of nitrogens with one attached hydrogen (secondary N) is 2. The lowest BCUT2D eigenvalue weighted by Gasteiger charge is -2.21. The van der Waals surface area contributed by atoms with Crippen molar-refractivity contribution in [3.8, 4) is 17.2 Å². The molecule has 1 amide bonds. The van der Waals surface area contributed by atoms with E-state index in [2.05, 4.69) is 17.6 Å². The van der Waals surface area contributed by atoms with Crippen LogP contribution in [0.4, 0.5) is 0 Å². The maximum Gasteiger partial charge on any atom is 0.225 e. The molecule has 1 aliphatic carbocycles. The van der Waals surface area contributed by atoms with E-state index < -0.39 is 0 Å². The Bertz CT molecular complexity index is 792. The second kappa shape index (κ2) is 11.8. The van der Waals surface area contributed by atoms with E-state index in [1.807, 2.05) is 17.0 Å². The Balaban J connectivity index is 1.58. The fourth-order valence-electron chi connectivity index (χ4n) is 4.67. The zero-order valence-electron chi connectivity index (χ0n) is 19.9. The topological polar surface area (TPSA) is 84.4 Å². The number of rotatable bonds is 9. The lowest BCUT2D eigenvalue weighted by molar-refractivity contribution is -0.134. The number of amides is 1. The van der Waals surface area contributed by atoms with E-state index in [1.54, 1.807) is 21.3 Å². The van der Waals surface area contributed by atoms with Crippen LogP contribution in [-0.2, 0) is 11.2 Å². The molecule has 0 bridgehead atoms. The van der Waals surface area contributed by atoms with Gasteiger partial charge in [0.05, 0.1) is 21.3 Å². The minimum Gasteiger partial charge on any atom is -0.493 e. The highest BCUT2D eigenvalue weighted by Gasteiger charge is 2.32. The molecule has 2 N–H and O–H groups in total. The second-order valence-electron chi connectivity index (χ2n) is 8.40. The molecule has 1 saturated heterocycles. The molecule has 0 spiro atoms. The lowest BCUT2D eigenvalue weighted by Crippen LogP contribution is -2.45. The van der Waals surface area contributed by atoms with Gasteiger partial charge in [0.25, 0.3) is 0 Å². The first kappa shape index (κ1) is 24.0. The third-order valence-electron chi connectivity index (χ3n) is 6.33. The molecule has 178 valence electrons. The molecule has 8 heteroatoms. The summed E-state index contributed by atoms with van der Waals surface area (Å²) in [7, 11) is 4.85. The number of carbonyl (C=O) groups is 1. The molecule has 1 aromatic rings. The van der Waals surface area contributed by atoms with Crippen molar-refractivity contribution >= 4 is 11.9 Å². The van der Waals surface area contributed by atoms with E-state index in [1.165, 1.54) is 12.8 Å². The number of likely N-dealkylation sites (tertiary alicyclic amines) is 1. The van der Waals surface area contributed by atoms with Crippen LogP contribution in [0.15, 0.2) is 17.1 Å². The van der Waals surface area contributed by atoms with Crippen LogP contribution in [0.3, 0.4) is 0 Å².